The first-order valence-corrected chi connectivity index (χ1v) is 5.07. The van der Waals surface area contributed by atoms with Gasteiger partial charge in [-0.3, -0.25) is 4.79 Å². The van der Waals surface area contributed by atoms with Crippen LogP contribution in [0.2, 0.25) is 0 Å². The van der Waals surface area contributed by atoms with Gasteiger partial charge in [0.05, 0.1) is 18.1 Å². The summed E-state index contributed by atoms with van der Waals surface area (Å²) in [7, 11) is 0. The predicted molar refractivity (Wildman–Crippen MR) is 60.5 cm³/mol. The molecule has 1 aromatic heterocycles. The van der Waals surface area contributed by atoms with Gasteiger partial charge in [0.15, 0.2) is 0 Å². The first-order chi connectivity index (χ1) is 7.70. The second kappa shape index (κ2) is 5.71. The van der Waals surface area contributed by atoms with Crippen molar-refractivity contribution >= 4 is 11.7 Å². The predicted octanol–water partition coefficient (Wildman–Crippen LogP) is 1.04. The van der Waals surface area contributed by atoms with E-state index in [0.29, 0.717) is 25.1 Å². The van der Waals surface area contributed by atoms with E-state index in [4.69, 9.17) is 11.0 Å². The molecule has 5 heteroatoms. The number of rotatable bonds is 4. The summed E-state index contributed by atoms with van der Waals surface area (Å²) in [4.78, 5) is 17.4. The molecule has 0 radical (unpaired) electrons. The SMILES string of the molecule is CCN(CCC#N)C(=O)c1cccnc1N. The Morgan fingerprint density at radius 1 is 1.69 bits per heavy atom. The van der Waals surface area contributed by atoms with E-state index in [9.17, 15) is 4.79 Å². The Morgan fingerprint density at radius 3 is 3.00 bits per heavy atom. The van der Waals surface area contributed by atoms with Crippen molar-refractivity contribution in [2.75, 3.05) is 18.8 Å². The van der Waals surface area contributed by atoms with Gasteiger partial charge in [-0.05, 0) is 19.1 Å². The molecular weight excluding hydrogens is 204 g/mol. The third kappa shape index (κ3) is 2.70. The molecule has 0 bridgehead atoms. The van der Waals surface area contributed by atoms with Crippen LogP contribution in [0.3, 0.4) is 0 Å². The summed E-state index contributed by atoms with van der Waals surface area (Å²) in [5.74, 6) is 0.0475. The highest BCUT2D eigenvalue weighted by Crippen LogP contribution is 2.10. The minimum atomic E-state index is -0.177. The van der Waals surface area contributed by atoms with Crippen LogP contribution >= 0.6 is 0 Å². The molecule has 0 saturated heterocycles. The highest BCUT2D eigenvalue weighted by molar-refractivity contribution is 5.98. The number of hydrogen-bond acceptors (Lipinski definition) is 4. The summed E-state index contributed by atoms with van der Waals surface area (Å²) >= 11 is 0. The van der Waals surface area contributed by atoms with E-state index in [1.54, 1.807) is 17.0 Å². The Morgan fingerprint density at radius 2 is 2.44 bits per heavy atom. The van der Waals surface area contributed by atoms with Crippen molar-refractivity contribution < 1.29 is 4.79 Å². The Balaban J connectivity index is 2.84. The van der Waals surface area contributed by atoms with E-state index >= 15 is 0 Å². The average molecular weight is 218 g/mol. The number of aromatic nitrogens is 1. The van der Waals surface area contributed by atoms with Crippen molar-refractivity contribution in [3.8, 4) is 6.07 Å². The number of hydrogen-bond donors (Lipinski definition) is 1. The van der Waals surface area contributed by atoms with Crippen molar-refractivity contribution in [3.05, 3.63) is 23.9 Å². The Bertz CT molecular complexity index is 411. The molecule has 0 spiro atoms. The lowest BCUT2D eigenvalue weighted by Crippen LogP contribution is -2.32. The Hall–Kier alpha value is -2.09. The summed E-state index contributed by atoms with van der Waals surface area (Å²) in [5, 5.41) is 8.49. The molecule has 0 aliphatic heterocycles. The maximum absolute atomic E-state index is 12.0. The second-order valence-electron chi connectivity index (χ2n) is 3.23. The van der Waals surface area contributed by atoms with Crippen LogP contribution in [0.15, 0.2) is 18.3 Å². The zero-order valence-corrected chi connectivity index (χ0v) is 9.18. The number of nitrogens with two attached hydrogens (primary N) is 1. The Kier molecular flexibility index (Phi) is 4.28. The summed E-state index contributed by atoms with van der Waals surface area (Å²) < 4.78 is 0. The van der Waals surface area contributed by atoms with E-state index in [1.165, 1.54) is 6.20 Å². The van der Waals surface area contributed by atoms with Crippen LogP contribution in [0.1, 0.15) is 23.7 Å². The third-order valence-corrected chi connectivity index (χ3v) is 2.23. The molecule has 16 heavy (non-hydrogen) atoms. The van der Waals surface area contributed by atoms with Gasteiger partial charge in [-0.2, -0.15) is 5.26 Å². The first-order valence-electron chi connectivity index (χ1n) is 5.07. The first kappa shape index (κ1) is 12.0. The maximum atomic E-state index is 12.0. The van der Waals surface area contributed by atoms with Gasteiger partial charge >= 0.3 is 0 Å². The monoisotopic (exact) mass is 218 g/mol. The summed E-state index contributed by atoms with van der Waals surface area (Å²) in [6.45, 7) is 2.83. The second-order valence-corrected chi connectivity index (χ2v) is 3.23. The lowest BCUT2D eigenvalue weighted by Gasteiger charge is -2.19. The normalized spacial score (nSPS) is 9.50. The molecule has 1 heterocycles. The van der Waals surface area contributed by atoms with Gasteiger partial charge in [-0.25, -0.2) is 4.98 Å². The van der Waals surface area contributed by atoms with Crippen LogP contribution in [0, 0.1) is 11.3 Å². The molecule has 1 aromatic rings. The minimum absolute atomic E-state index is 0.177. The van der Waals surface area contributed by atoms with Crippen molar-refractivity contribution in [1.82, 2.24) is 9.88 Å². The number of carbonyl (C=O) groups is 1. The summed E-state index contributed by atoms with van der Waals surface area (Å²) in [5.41, 5.74) is 6.01. The smallest absolute Gasteiger partial charge is 0.257 e. The fourth-order valence-electron chi connectivity index (χ4n) is 1.36. The largest absolute Gasteiger partial charge is 0.383 e. The van der Waals surface area contributed by atoms with E-state index in [2.05, 4.69) is 4.98 Å². The van der Waals surface area contributed by atoms with E-state index in [-0.39, 0.29) is 11.7 Å². The molecule has 0 atom stereocenters. The van der Waals surface area contributed by atoms with Gasteiger partial charge in [0.1, 0.15) is 5.82 Å². The van der Waals surface area contributed by atoms with Gasteiger partial charge in [0.25, 0.3) is 5.91 Å². The number of carbonyl (C=O) groups excluding carboxylic acids is 1. The van der Waals surface area contributed by atoms with Crippen molar-refractivity contribution in [3.63, 3.8) is 0 Å². The molecule has 0 saturated carbocycles. The Labute approximate surface area is 94.5 Å². The average Bonchev–Trinajstić information content (AvgIpc) is 2.30. The fourth-order valence-corrected chi connectivity index (χ4v) is 1.36. The van der Waals surface area contributed by atoms with Crippen LogP contribution in [0.4, 0.5) is 5.82 Å². The zero-order chi connectivity index (χ0) is 12.0. The molecule has 0 aliphatic carbocycles. The molecule has 84 valence electrons. The minimum Gasteiger partial charge on any atom is -0.383 e. The number of amides is 1. The molecule has 5 nitrogen and oxygen atoms in total. The van der Waals surface area contributed by atoms with Gasteiger partial charge < -0.3 is 10.6 Å². The van der Waals surface area contributed by atoms with Crippen LogP contribution in [-0.4, -0.2) is 28.9 Å². The molecule has 0 unspecified atom stereocenters. The van der Waals surface area contributed by atoms with Gasteiger partial charge in [0, 0.05) is 19.3 Å². The molecule has 0 aliphatic rings. The van der Waals surface area contributed by atoms with Crippen LogP contribution < -0.4 is 5.73 Å². The number of nitrogens with zero attached hydrogens (tertiary/aromatic N) is 3. The lowest BCUT2D eigenvalue weighted by molar-refractivity contribution is 0.0768. The number of anilines is 1. The molecule has 1 rings (SSSR count). The topological polar surface area (TPSA) is 83.0 Å². The molecule has 0 aromatic carbocycles. The molecular formula is C11H14N4O. The number of pyridine rings is 1. The third-order valence-electron chi connectivity index (χ3n) is 2.23. The van der Waals surface area contributed by atoms with Gasteiger partial charge in [-0.1, -0.05) is 0 Å². The number of nitriles is 1. The van der Waals surface area contributed by atoms with Crippen molar-refractivity contribution in [2.45, 2.75) is 13.3 Å². The molecule has 1 amide bonds. The van der Waals surface area contributed by atoms with Crippen molar-refractivity contribution in [1.29, 1.82) is 5.26 Å². The standard InChI is InChI=1S/C11H14N4O/c1-2-15(8-4-6-12)11(16)9-5-3-7-14-10(9)13/h3,5,7H,2,4,8H2,1H3,(H2,13,14). The van der Waals surface area contributed by atoms with Crippen LogP contribution in [-0.2, 0) is 0 Å². The van der Waals surface area contributed by atoms with Crippen LogP contribution in [0.5, 0.6) is 0 Å². The maximum Gasteiger partial charge on any atom is 0.257 e. The lowest BCUT2D eigenvalue weighted by atomic mass is 10.2. The summed E-state index contributed by atoms with van der Waals surface area (Å²) in [6.07, 6.45) is 1.86. The van der Waals surface area contributed by atoms with Crippen LogP contribution in [0.25, 0.3) is 0 Å². The van der Waals surface area contributed by atoms with Crippen molar-refractivity contribution in [2.24, 2.45) is 0 Å². The highest BCUT2D eigenvalue weighted by atomic mass is 16.2. The molecule has 0 fully saturated rings. The van der Waals surface area contributed by atoms with E-state index < -0.39 is 0 Å². The molecule has 2 N–H and O–H groups in total. The quantitative estimate of drug-likeness (QED) is 0.818. The van der Waals surface area contributed by atoms with E-state index in [0.717, 1.165) is 0 Å². The van der Waals surface area contributed by atoms with E-state index in [1.807, 2.05) is 13.0 Å². The number of nitrogen functional groups attached to an aromatic ring is 1. The zero-order valence-electron chi connectivity index (χ0n) is 9.18. The fraction of sp³-hybridized carbons (Fsp3) is 0.364. The summed E-state index contributed by atoms with van der Waals surface area (Å²) in [6, 6.07) is 5.32. The van der Waals surface area contributed by atoms with Gasteiger partial charge in [0.2, 0.25) is 0 Å². The van der Waals surface area contributed by atoms with Gasteiger partial charge in [-0.15, -0.1) is 0 Å². The highest BCUT2D eigenvalue weighted by Gasteiger charge is 2.16.